The Morgan fingerprint density at radius 2 is 2.35 bits per heavy atom. The summed E-state index contributed by atoms with van der Waals surface area (Å²) in [6, 6.07) is 7.19. The first-order chi connectivity index (χ1) is 8.25. The summed E-state index contributed by atoms with van der Waals surface area (Å²) in [5.41, 5.74) is 0.565. The zero-order valence-electron chi connectivity index (χ0n) is 9.52. The molecule has 4 heteroatoms. The van der Waals surface area contributed by atoms with E-state index >= 15 is 0 Å². The fourth-order valence-corrected chi connectivity index (χ4v) is 2.21. The molecule has 1 aromatic carbocycles. The zero-order valence-corrected chi connectivity index (χ0v) is 11.1. The van der Waals surface area contributed by atoms with Crippen LogP contribution in [0, 0.1) is 0 Å². The third kappa shape index (κ3) is 3.82. The van der Waals surface area contributed by atoms with E-state index in [2.05, 4.69) is 15.9 Å². The third-order valence-electron chi connectivity index (χ3n) is 2.73. The molecule has 1 aromatic rings. The Labute approximate surface area is 109 Å². The highest BCUT2D eigenvalue weighted by molar-refractivity contribution is 9.10. The standard InChI is InChI=1S/C13H15BrO3/c14-11-5-3-4-10(8-11)13(15)17-9-12-6-1-2-7-16-12/h3-5,8,12H,1-2,6-7,9H2. The molecule has 1 heterocycles. The highest BCUT2D eigenvalue weighted by atomic mass is 79.9. The van der Waals surface area contributed by atoms with Crippen molar-refractivity contribution in [3.63, 3.8) is 0 Å². The molecule has 3 nitrogen and oxygen atoms in total. The van der Waals surface area contributed by atoms with E-state index < -0.39 is 0 Å². The molecule has 1 atom stereocenters. The fraction of sp³-hybridized carbons (Fsp3) is 0.462. The first-order valence-electron chi connectivity index (χ1n) is 5.80. The molecule has 17 heavy (non-hydrogen) atoms. The number of carbonyl (C=O) groups is 1. The van der Waals surface area contributed by atoms with Crippen molar-refractivity contribution in [2.45, 2.75) is 25.4 Å². The number of esters is 1. The second-order valence-electron chi connectivity index (χ2n) is 4.10. The van der Waals surface area contributed by atoms with Gasteiger partial charge in [-0.2, -0.15) is 0 Å². The number of halogens is 1. The van der Waals surface area contributed by atoms with E-state index in [1.165, 1.54) is 0 Å². The number of ether oxygens (including phenoxy) is 2. The molecule has 0 amide bonds. The first kappa shape index (κ1) is 12.6. The van der Waals surface area contributed by atoms with Gasteiger partial charge in [0.15, 0.2) is 0 Å². The molecular formula is C13H15BrO3. The Bertz CT molecular complexity index is 386. The molecule has 1 unspecified atom stereocenters. The molecular weight excluding hydrogens is 284 g/mol. The van der Waals surface area contributed by atoms with E-state index in [1.807, 2.05) is 12.1 Å². The van der Waals surface area contributed by atoms with Crippen molar-refractivity contribution in [1.29, 1.82) is 0 Å². The van der Waals surface area contributed by atoms with Crippen molar-refractivity contribution < 1.29 is 14.3 Å². The fourth-order valence-electron chi connectivity index (χ4n) is 1.81. The summed E-state index contributed by atoms with van der Waals surface area (Å²) < 4.78 is 11.6. The van der Waals surface area contributed by atoms with E-state index in [1.54, 1.807) is 12.1 Å². The molecule has 1 saturated heterocycles. The van der Waals surface area contributed by atoms with Crippen LogP contribution in [0.15, 0.2) is 28.7 Å². The van der Waals surface area contributed by atoms with Gasteiger partial charge in [0.05, 0.1) is 11.7 Å². The number of hydrogen-bond acceptors (Lipinski definition) is 3. The van der Waals surface area contributed by atoms with Crippen molar-refractivity contribution in [2.75, 3.05) is 13.2 Å². The molecule has 0 radical (unpaired) electrons. The quantitative estimate of drug-likeness (QED) is 0.804. The molecule has 0 spiro atoms. The monoisotopic (exact) mass is 298 g/mol. The Balaban J connectivity index is 1.84. The van der Waals surface area contributed by atoms with E-state index in [0.29, 0.717) is 12.2 Å². The van der Waals surface area contributed by atoms with Crippen LogP contribution in [0.1, 0.15) is 29.6 Å². The van der Waals surface area contributed by atoms with Gasteiger partial charge >= 0.3 is 5.97 Å². The number of carbonyl (C=O) groups excluding carboxylic acids is 1. The lowest BCUT2D eigenvalue weighted by molar-refractivity contribution is -0.0300. The van der Waals surface area contributed by atoms with Gasteiger partial charge < -0.3 is 9.47 Å². The molecule has 2 rings (SSSR count). The van der Waals surface area contributed by atoms with Gasteiger partial charge in [0.2, 0.25) is 0 Å². The average Bonchev–Trinajstić information content (AvgIpc) is 2.37. The lowest BCUT2D eigenvalue weighted by atomic mass is 10.1. The molecule has 1 aliphatic rings. The molecule has 1 aliphatic heterocycles. The number of hydrogen-bond donors (Lipinski definition) is 0. The van der Waals surface area contributed by atoms with Gasteiger partial charge in [-0.25, -0.2) is 4.79 Å². The molecule has 92 valence electrons. The Kier molecular flexibility index (Phi) is 4.57. The van der Waals surface area contributed by atoms with Crippen molar-refractivity contribution in [3.05, 3.63) is 34.3 Å². The summed E-state index contributed by atoms with van der Waals surface area (Å²) >= 11 is 3.33. The van der Waals surface area contributed by atoms with Crippen LogP contribution in [0.5, 0.6) is 0 Å². The van der Waals surface area contributed by atoms with Crippen LogP contribution < -0.4 is 0 Å². The van der Waals surface area contributed by atoms with Gasteiger partial charge in [0, 0.05) is 11.1 Å². The Hall–Kier alpha value is -0.870. The molecule has 1 fully saturated rings. The van der Waals surface area contributed by atoms with E-state index in [4.69, 9.17) is 9.47 Å². The van der Waals surface area contributed by atoms with Crippen molar-refractivity contribution in [2.24, 2.45) is 0 Å². The first-order valence-corrected chi connectivity index (χ1v) is 6.59. The molecule has 0 aromatic heterocycles. The minimum Gasteiger partial charge on any atom is -0.459 e. The van der Waals surface area contributed by atoms with Crippen molar-refractivity contribution in [1.82, 2.24) is 0 Å². The second-order valence-corrected chi connectivity index (χ2v) is 5.01. The van der Waals surface area contributed by atoms with E-state index in [0.717, 1.165) is 30.3 Å². The predicted molar refractivity (Wildman–Crippen MR) is 68.0 cm³/mol. The maximum atomic E-state index is 11.7. The van der Waals surface area contributed by atoms with Crippen LogP contribution in [0.2, 0.25) is 0 Å². The molecule has 0 bridgehead atoms. The van der Waals surface area contributed by atoms with Crippen LogP contribution in [0.25, 0.3) is 0 Å². The number of rotatable bonds is 3. The SMILES string of the molecule is O=C(OCC1CCCCO1)c1cccc(Br)c1. The van der Waals surface area contributed by atoms with Gasteiger partial charge in [-0.1, -0.05) is 22.0 Å². The van der Waals surface area contributed by atoms with Gasteiger partial charge in [-0.05, 0) is 37.5 Å². The van der Waals surface area contributed by atoms with Gasteiger partial charge in [-0.3, -0.25) is 0 Å². The number of benzene rings is 1. The van der Waals surface area contributed by atoms with Crippen molar-refractivity contribution >= 4 is 21.9 Å². The maximum absolute atomic E-state index is 11.7. The molecule has 0 N–H and O–H groups in total. The van der Waals surface area contributed by atoms with Gasteiger partial charge in [0.25, 0.3) is 0 Å². The lowest BCUT2D eigenvalue weighted by Crippen LogP contribution is -2.25. The summed E-state index contributed by atoms with van der Waals surface area (Å²) in [5, 5.41) is 0. The summed E-state index contributed by atoms with van der Waals surface area (Å²) in [4.78, 5) is 11.7. The minimum atomic E-state index is -0.291. The maximum Gasteiger partial charge on any atom is 0.338 e. The van der Waals surface area contributed by atoms with Gasteiger partial charge in [-0.15, -0.1) is 0 Å². The largest absolute Gasteiger partial charge is 0.459 e. The summed E-state index contributed by atoms with van der Waals surface area (Å²) in [7, 11) is 0. The van der Waals surface area contributed by atoms with Crippen LogP contribution in [0.3, 0.4) is 0 Å². The summed E-state index contributed by atoms with van der Waals surface area (Å²) in [6.45, 7) is 1.13. The predicted octanol–water partition coefficient (Wildman–Crippen LogP) is 3.18. The minimum absolute atomic E-state index is 0.0693. The van der Waals surface area contributed by atoms with Crippen LogP contribution in [0.4, 0.5) is 0 Å². The highest BCUT2D eigenvalue weighted by Gasteiger charge is 2.16. The van der Waals surface area contributed by atoms with E-state index in [-0.39, 0.29) is 12.1 Å². The van der Waals surface area contributed by atoms with Crippen LogP contribution in [-0.4, -0.2) is 25.3 Å². The molecule has 0 aliphatic carbocycles. The van der Waals surface area contributed by atoms with E-state index in [9.17, 15) is 4.79 Å². The Morgan fingerprint density at radius 3 is 3.06 bits per heavy atom. The van der Waals surface area contributed by atoms with Crippen LogP contribution in [-0.2, 0) is 9.47 Å². The normalized spacial score (nSPS) is 19.9. The highest BCUT2D eigenvalue weighted by Crippen LogP contribution is 2.15. The Morgan fingerprint density at radius 1 is 1.47 bits per heavy atom. The lowest BCUT2D eigenvalue weighted by Gasteiger charge is -2.22. The second kappa shape index (κ2) is 6.17. The average molecular weight is 299 g/mol. The summed E-state index contributed by atoms with van der Waals surface area (Å²) in [6.07, 6.45) is 3.31. The van der Waals surface area contributed by atoms with Gasteiger partial charge in [0.1, 0.15) is 6.61 Å². The topological polar surface area (TPSA) is 35.5 Å². The third-order valence-corrected chi connectivity index (χ3v) is 3.23. The molecule has 0 saturated carbocycles. The zero-order chi connectivity index (χ0) is 12.1. The van der Waals surface area contributed by atoms with Crippen molar-refractivity contribution in [3.8, 4) is 0 Å². The summed E-state index contributed by atoms with van der Waals surface area (Å²) in [5.74, 6) is -0.291. The smallest absolute Gasteiger partial charge is 0.338 e. The van der Waals surface area contributed by atoms with Crippen LogP contribution >= 0.6 is 15.9 Å².